The van der Waals surface area contributed by atoms with E-state index in [9.17, 15) is 19.7 Å². The molecule has 0 bridgehead atoms. The minimum Gasteiger partial charge on any atom is -0.352 e. The van der Waals surface area contributed by atoms with Crippen molar-refractivity contribution < 1.29 is 9.72 Å². The van der Waals surface area contributed by atoms with E-state index in [4.69, 9.17) is 0 Å². The van der Waals surface area contributed by atoms with Gasteiger partial charge in [-0.1, -0.05) is 66.4 Å². The number of nitro benzene ring substituents is 1. The zero-order chi connectivity index (χ0) is 24.6. The van der Waals surface area contributed by atoms with Gasteiger partial charge in [-0.3, -0.25) is 24.3 Å². The van der Waals surface area contributed by atoms with E-state index in [1.807, 2.05) is 36.4 Å². The van der Waals surface area contributed by atoms with Crippen molar-refractivity contribution in [3.63, 3.8) is 0 Å². The molecule has 0 saturated carbocycles. The van der Waals surface area contributed by atoms with Crippen molar-refractivity contribution in [3.05, 3.63) is 110 Å². The van der Waals surface area contributed by atoms with Crippen molar-refractivity contribution in [2.24, 2.45) is 0 Å². The maximum absolute atomic E-state index is 13.2. The van der Waals surface area contributed by atoms with Crippen LogP contribution >= 0.6 is 11.8 Å². The molecule has 0 aliphatic rings. The first-order valence-corrected chi connectivity index (χ1v) is 12.2. The Morgan fingerprint density at radius 2 is 1.74 bits per heavy atom. The predicted molar refractivity (Wildman–Crippen MR) is 136 cm³/mol. The molecule has 9 heteroatoms. The molecule has 35 heavy (non-hydrogen) atoms. The normalized spacial score (nSPS) is 10.9. The third kappa shape index (κ3) is 6.33. The Labute approximate surface area is 206 Å². The average molecular weight is 489 g/mol. The first kappa shape index (κ1) is 24.2. The zero-order valence-electron chi connectivity index (χ0n) is 18.9. The molecule has 1 heterocycles. The molecule has 4 rings (SSSR count). The Morgan fingerprint density at radius 3 is 2.54 bits per heavy atom. The number of para-hydroxylation sites is 1. The lowest BCUT2D eigenvalue weighted by Crippen LogP contribution is -2.26. The number of nitro groups is 1. The molecule has 3 aromatic carbocycles. The number of fused-ring (bicyclic) bond motifs is 1. The minimum absolute atomic E-state index is 0.0217. The van der Waals surface area contributed by atoms with E-state index >= 15 is 0 Å². The number of hydrogen-bond donors (Lipinski definition) is 1. The molecule has 8 nitrogen and oxygen atoms in total. The lowest BCUT2D eigenvalue weighted by Gasteiger charge is -2.13. The predicted octanol–water partition coefficient (Wildman–Crippen LogP) is 4.69. The quantitative estimate of drug-likeness (QED) is 0.150. The third-order valence-electron chi connectivity index (χ3n) is 5.43. The van der Waals surface area contributed by atoms with Crippen LogP contribution < -0.4 is 10.9 Å². The van der Waals surface area contributed by atoms with Gasteiger partial charge in [-0.05, 0) is 29.7 Å². The Hall–Kier alpha value is -3.98. The first-order chi connectivity index (χ1) is 17.0. The van der Waals surface area contributed by atoms with E-state index in [0.717, 1.165) is 11.1 Å². The van der Waals surface area contributed by atoms with Crippen LogP contribution in [-0.2, 0) is 23.6 Å². The lowest BCUT2D eigenvalue weighted by molar-refractivity contribution is -0.384. The van der Waals surface area contributed by atoms with Crippen LogP contribution in [0.25, 0.3) is 10.9 Å². The smallest absolute Gasteiger partial charge is 0.269 e. The van der Waals surface area contributed by atoms with E-state index in [-0.39, 0.29) is 23.6 Å². The highest BCUT2D eigenvalue weighted by Gasteiger charge is 2.13. The van der Waals surface area contributed by atoms with Gasteiger partial charge >= 0.3 is 0 Å². The highest BCUT2D eigenvalue weighted by atomic mass is 32.2. The average Bonchev–Trinajstić information content (AvgIpc) is 2.88. The largest absolute Gasteiger partial charge is 0.352 e. The summed E-state index contributed by atoms with van der Waals surface area (Å²) in [5.74, 6) is 0.339. The van der Waals surface area contributed by atoms with Gasteiger partial charge in [-0.15, -0.1) is 0 Å². The number of hydrogen-bond acceptors (Lipinski definition) is 6. The van der Waals surface area contributed by atoms with Gasteiger partial charge in [-0.25, -0.2) is 4.98 Å². The van der Waals surface area contributed by atoms with Crippen LogP contribution in [0.3, 0.4) is 0 Å². The molecule has 0 aliphatic carbocycles. The second-order valence-electron chi connectivity index (χ2n) is 7.95. The summed E-state index contributed by atoms with van der Waals surface area (Å²) < 4.78 is 1.59. The van der Waals surface area contributed by atoms with Crippen molar-refractivity contribution >= 4 is 34.3 Å². The molecular formula is C26H24N4O4S. The van der Waals surface area contributed by atoms with Gasteiger partial charge in [0.15, 0.2) is 5.16 Å². The number of nitrogens with one attached hydrogen (secondary N) is 1. The van der Waals surface area contributed by atoms with Crippen molar-refractivity contribution in [2.75, 3.05) is 0 Å². The van der Waals surface area contributed by atoms with Crippen LogP contribution in [0.15, 0.2) is 88.8 Å². The summed E-state index contributed by atoms with van der Waals surface area (Å²) in [5, 5.41) is 15.0. The van der Waals surface area contributed by atoms with Crippen LogP contribution in [-0.4, -0.2) is 20.4 Å². The number of amides is 1. The molecule has 1 aromatic heterocycles. The lowest BCUT2D eigenvalue weighted by atomic mass is 10.2. The van der Waals surface area contributed by atoms with Gasteiger partial charge < -0.3 is 5.32 Å². The Bertz CT molecular complexity index is 1410. The number of thioether (sulfide) groups is 1. The van der Waals surface area contributed by atoms with Gasteiger partial charge in [0.1, 0.15) is 0 Å². The summed E-state index contributed by atoms with van der Waals surface area (Å²) in [6.07, 6.45) is 0.756. The van der Waals surface area contributed by atoms with Crippen LogP contribution in [0.1, 0.15) is 24.0 Å². The third-order valence-corrected chi connectivity index (χ3v) is 6.48. The summed E-state index contributed by atoms with van der Waals surface area (Å²) in [6.45, 7) is 0.800. The number of carbonyl (C=O) groups is 1. The number of non-ortho nitro benzene ring substituents is 1. The fourth-order valence-corrected chi connectivity index (χ4v) is 4.61. The number of carbonyl (C=O) groups excluding carboxylic acids is 1. The monoisotopic (exact) mass is 488 g/mol. The van der Waals surface area contributed by atoms with Gasteiger partial charge in [0.05, 0.1) is 15.8 Å². The SMILES string of the molecule is O=C(CCCn1c(SCc2cccc([N+](=O)[O-])c2)nc2ccccc2c1=O)NCc1ccccc1. The second-order valence-corrected chi connectivity index (χ2v) is 8.89. The van der Waals surface area contributed by atoms with Crippen LogP contribution in [0.5, 0.6) is 0 Å². The van der Waals surface area contributed by atoms with Crippen molar-refractivity contribution in [1.29, 1.82) is 0 Å². The molecule has 4 aromatic rings. The maximum atomic E-state index is 13.2. The molecular weight excluding hydrogens is 464 g/mol. The topological polar surface area (TPSA) is 107 Å². The second kappa shape index (κ2) is 11.4. The number of nitrogens with zero attached hydrogens (tertiary/aromatic N) is 3. The van der Waals surface area contributed by atoms with Crippen molar-refractivity contribution in [1.82, 2.24) is 14.9 Å². The highest BCUT2D eigenvalue weighted by molar-refractivity contribution is 7.98. The minimum atomic E-state index is -0.429. The molecule has 0 saturated heterocycles. The standard InChI is InChI=1S/C26H24N4O4S/c31-24(27-17-19-8-2-1-3-9-19)14-7-15-29-25(32)22-12-4-5-13-23(22)28-26(29)35-18-20-10-6-11-21(16-20)30(33)34/h1-6,8-13,16H,7,14-15,17-18H2,(H,27,31). The first-order valence-electron chi connectivity index (χ1n) is 11.2. The Kier molecular flexibility index (Phi) is 7.89. The molecule has 1 N–H and O–H groups in total. The number of aromatic nitrogens is 2. The van der Waals surface area contributed by atoms with E-state index in [1.54, 1.807) is 34.9 Å². The summed E-state index contributed by atoms with van der Waals surface area (Å²) in [5.41, 5.74) is 2.24. The molecule has 0 unspecified atom stereocenters. The van der Waals surface area contributed by atoms with E-state index in [1.165, 1.54) is 23.9 Å². The molecule has 0 atom stereocenters. The number of benzene rings is 3. The van der Waals surface area contributed by atoms with Gasteiger partial charge in [0, 0.05) is 37.4 Å². The summed E-state index contributed by atoms with van der Waals surface area (Å²) in [7, 11) is 0. The molecule has 0 aliphatic heterocycles. The maximum Gasteiger partial charge on any atom is 0.269 e. The van der Waals surface area contributed by atoms with Crippen molar-refractivity contribution in [3.8, 4) is 0 Å². The van der Waals surface area contributed by atoms with Gasteiger partial charge in [0.25, 0.3) is 11.2 Å². The van der Waals surface area contributed by atoms with E-state index < -0.39 is 4.92 Å². The number of rotatable bonds is 10. The molecule has 0 fully saturated rings. The summed E-state index contributed by atoms with van der Waals surface area (Å²) >= 11 is 1.34. The van der Waals surface area contributed by atoms with Crippen molar-refractivity contribution in [2.45, 2.75) is 36.8 Å². The molecule has 178 valence electrons. The Balaban J connectivity index is 1.46. The molecule has 0 spiro atoms. The molecule has 1 amide bonds. The summed E-state index contributed by atoms with van der Waals surface area (Å²) in [6, 6.07) is 23.2. The van der Waals surface area contributed by atoms with Crippen LogP contribution in [0, 0.1) is 10.1 Å². The zero-order valence-corrected chi connectivity index (χ0v) is 19.7. The van der Waals surface area contributed by atoms with Crippen LogP contribution in [0.4, 0.5) is 5.69 Å². The van der Waals surface area contributed by atoms with Crippen LogP contribution in [0.2, 0.25) is 0 Å². The fraction of sp³-hybridized carbons (Fsp3) is 0.192. The molecule has 0 radical (unpaired) electrons. The highest BCUT2D eigenvalue weighted by Crippen LogP contribution is 2.24. The van der Waals surface area contributed by atoms with E-state index in [0.29, 0.717) is 41.3 Å². The Morgan fingerprint density at radius 1 is 1.00 bits per heavy atom. The van der Waals surface area contributed by atoms with E-state index in [2.05, 4.69) is 10.3 Å². The fourth-order valence-electron chi connectivity index (χ4n) is 3.65. The van der Waals surface area contributed by atoms with Gasteiger partial charge in [-0.2, -0.15) is 0 Å². The summed E-state index contributed by atoms with van der Waals surface area (Å²) in [4.78, 5) is 40.8. The van der Waals surface area contributed by atoms with Gasteiger partial charge in [0.2, 0.25) is 5.91 Å².